The van der Waals surface area contributed by atoms with Crippen LogP contribution in [0.5, 0.6) is 5.88 Å². The Kier molecular flexibility index (Phi) is 5.39. The summed E-state index contributed by atoms with van der Waals surface area (Å²) >= 11 is 6.10. The summed E-state index contributed by atoms with van der Waals surface area (Å²) in [6, 6.07) is 4.70. The molecule has 0 saturated carbocycles. The van der Waals surface area contributed by atoms with E-state index in [1.807, 2.05) is 6.92 Å². The number of halogens is 3. The summed E-state index contributed by atoms with van der Waals surface area (Å²) in [6.07, 6.45) is 3.72. The van der Waals surface area contributed by atoms with Crippen molar-refractivity contribution in [1.29, 1.82) is 0 Å². The molecule has 0 N–H and O–H groups in total. The van der Waals surface area contributed by atoms with E-state index in [1.165, 1.54) is 21.5 Å². The van der Waals surface area contributed by atoms with E-state index < -0.39 is 12.3 Å². The second-order valence-corrected chi connectivity index (χ2v) is 7.17. The number of carbonyl (C=O) groups excluding carboxylic acids is 1. The number of pyridine rings is 2. The predicted octanol–water partition coefficient (Wildman–Crippen LogP) is 4.08. The zero-order valence-corrected chi connectivity index (χ0v) is 15.9. The minimum atomic E-state index is -3.01. The number of alkyl halides is 2. The predicted molar refractivity (Wildman–Crippen MR) is 96.5 cm³/mol. The number of nitrogens with zero attached hydrogens (tertiary/aromatic N) is 3. The van der Waals surface area contributed by atoms with Crippen LogP contribution in [-0.4, -0.2) is 33.0 Å². The molecule has 0 radical (unpaired) electrons. The average Bonchev–Trinajstić information content (AvgIpc) is 2.93. The minimum absolute atomic E-state index is 0.106. The molecule has 0 saturated heterocycles. The molecule has 2 aromatic heterocycles. The maximum Gasteiger partial charge on any atom is 0.292 e. The number of amides is 1. The summed E-state index contributed by atoms with van der Waals surface area (Å²) in [6.45, 7) is 1.56. The van der Waals surface area contributed by atoms with Gasteiger partial charge in [0.25, 0.3) is 11.6 Å². The molecule has 2 aromatic rings. The number of hydrogen-bond donors (Lipinski definition) is 0. The molecule has 9 heteroatoms. The van der Waals surface area contributed by atoms with Crippen LogP contribution in [0.1, 0.15) is 40.9 Å². The molecule has 0 aromatic carbocycles. The number of carbonyl (C=O) groups is 1. The molecular weight excluding hydrogens is 383 g/mol. The first kappa shape index (κ1) is 18.9. The third-order valence-electron chi connectivity index (χ3n) is 4.14. The van der Waals surface area contributed by atoms with Crippen LogP contribution in [-0.2, 0) is 6.54 Å². The van der Waals surface area contributed by atoms with Crippen LogP contribution in [0, 0.1) is 0 Å². The standard InChI is InChI=1S/C17H17ClF2N3O2P/c1-2-13(10-3-4-14(22-7-10)25-9-17(19,20)26)23-8-12-11(16(23)24)5-6-21-15(12)18/h3-7,13H,2,8-9,26H2,1H3. The molecule has 2 atom stereocenters. The van der Waals surface area contributed by atoms with Crippen LogP contribution in [0.2, 0.25) is 5.15 Å². The van der Waals surface area contributed by atoms with E-state index in [1.54, 1.807) is 23.2 Å². The van der Waals surface area contributed by atoms with Crippen LogP contribution in [0.3, 0.4) is 0 Å². The van der Waals surface area contributed by atoms with Crippen molar-refractivity contribution in [2.45, 2.75) is 31.6 Å². The molecule has 138 valence electrons. The summed E-state index contributed by atoms with van der Waals surface area (Å²) in [7, 11) is 1.42. The summed E-state index contributed by atoms with van der Waals surface area (Å²) in [5.41, 5.74) is -0.942. The highest BCUT2D eigenvalue weighted by Gasteiger charge is 2.34. The van der Waals surface area contributed by atoms with Gasteiger partial charge < -0.3 is 9.64 Å². The lowest BCUT2D eigenvalue weighted by molar-refractivity contribution is 0.0442. The van der Waals surface area contributed by atoms with Gasteiger partial charge in [-0.15, -0.1) is 0 Å². The largest absolute Gasteiger partial charge is 0.471 e. The molecule has 1 aliphatic heterocycles. The van der Waals surface area contributed by atoms with Gasteiger partial charge in [-0.2, -0.15) is 8.78 Å². The lowest BCUT2D eigenvalue weighted by Crippen LogP contribution is -2.29. The van der Waals surface area contributed by atoms with E-state index in [2.05, 4.69) is 9.97 Å². The zero-order valence-electron chi connectivity index (χ0n) is 14.0. The Morgan fingerprint density at radius 2 is 2.15 bits per heavy atom. The van der Waals surface area contributed by atoms with Crippen molar-refractivity contribution in [2.24, 2.45) is 0 Å². The Morgan fingerprint density at radius 1 is 1.38 bits per heavy atom. The van der Waals surface area contributed by atoms with Gasteiger partial charge in [0.05, 0.1) is 12.6 Å². The van der Waals surface area contributed by atoms with E-state index in [9.17, 15) is 13.6 Å². The van der Waals surface area contributed by atoms with Gasteiger partial charge in [-0.05, 0) is 18.1 Å². The Labute approximate surface area is 156 Å². The number of fused-ring (bicyclic) bond motifs is 1. The average molecular weight is 400 g/mol. The van der Waals surface area contributed by atoms with Gasteiger partial charge in [-0.25, -0.2) is 9.97 Å². The topological polar surface area (TPSA) is 55.3 Å². The van der Waals surface area contributed by atoms with Gasteiger partial charge in [0, 0.05) is 29.6 Å². The first-order chi connectivity index (χ1) is 12.3. The Hall–Kier alpha value is -1.85. The Bertz CT molecular complexity index is 815. The number of ether oxygens (including phenoxy) is 1. The fraction of sp³-hybridized carbons (Fsp3) is 0.353. The van der Waals surface area contributed by atoms with Crippen LogP contribution < -0.4 is 4.74 Å². The van der Waals surface area contributed by atoms with E-state index in [0.29, 0.717) is 29.2 Å². The van der Waals surface area contributed by atoms with E-state index in [-0.39, 0.29) is 17.8 Å². The third kappa shape index (κ3) is 3.94. The molecule has 26 heavy (non-hydrogen) atoms. The van der Waals surface area contributed by atoms with Crippen molar-refractivity contribution < 1.29 is 18.3 Å². The van der Waals surface area contributed by atoms with E-state index in [4.69, 9.17) is 16.3 Å². The van der Waals surface area contributed by atoms with Crippen LogP contribution >= 0.6 is 20.8 Å². The summed E-state index contributed by atoms with van der Waals surface area (Å²) in [4.78, 5) is 22.5. The van der Waals surface area contributed by atoms with Crippen molar-refractivity contribution in [1.82, 2.24) is 14.9 Å². The summed E-state index contributed by atoms with van der Waals surface area (Å²) in [5, 5.41) is 0.327. The molecule has 3 rings (SSSR count). The molecule has 2 unspecified atom stereocenters. The van der Waals surface area contributed by atoms with Gasteiger partial charge in [-0.3, -0.25) is 4.79 Å². The molecular formula is C17H17ClF2N3O2P. The highest BCUT2D eigenvalue weighted by Crippen LogP contribution is 2.35. The molecule has 5 nitrogen and oxygen atoms in total. The Morgan fingerprint density at radius 3 is 2.73 bits per heavy atom. The molecule has 1 aliphatic rings. The van der Waals surface area contributed by atoms with Gasteiger partial charge >= 0.3 is 0 Å². The van der Waals surface area contributed by atoms with Crippen LogP contribution in [0.15, 0.2) is 30.6 Å². The Balaban J connectivity index is 1.78. The highest BCUT2D eigenvalue weighted by atomic mass is 35.5. The second-order valence-electron chi connectivity index (χ2n) is 5.96. The molecule has 3 heterocycles. The normalized spacial score (nSPS) is 15.1. The molecule has 0 aliphatic carbocycles. The molecule has 1 amide bonds. The van der Waals surface area contributed by atoms with Gasteiger partial charge in [0.1, 0.15) is 5.15 Å². The molecule has 0 fully saturated rings. The zero-order chi connectivity index (χ0) is 18.9. The number of aromatic nitrogens is 2. The van der Waals surface area contributed by atoms with Gasteiger partial charge in [0.2, 0.25) is 5.88 Å². The molecule has 0 bridgehead atoms. The maximum atomic E-state index is 12.8. The van der Waals surface area contributed by atoms with Crippen LogP contribution in [0.25, 0.3) is 0 Å². The van der Waals surface area contributed by atoms with Crippen molar-refractivity contribution in [3.05, 3.63) is 52.4 Å². The first-order valence-electron chi connectivity index (χ1n) is 8.00. The van der Waals surface area contributed by atoms with E-state index >= 15 is 0 Å². The monoisotopic (exact) mass is 399 g/mol. The van der Waals surface area contributed by atoms with Crippen molar-refractivity contribution in [3.63, 3.8) is 0 Å². The van der Waals surface area contributed by atoms with Crippen molar-refractivity contribution >= 4 is 26.7 Å². The lowest BCUT2D eigenvalue weighted by Gasteiger charge is -2.27. The quantitative estimate of drug-likeness (QED) is 0.542. The van der Waals surface area contributed by atoms with Gasteiger partial charge in [0.15, 0.2) is 6.61 Å². The first-order valence-corrected chi connectivity index (χ1v) is 8.95. The SMILES string of the molecule is CCC(c1ccc(OCC(F)(F)P)nc1)N1Cc2c(ccnc2Cl)C1=O. The van der Waals surface area contributed by atoms with Gasteiger partial charge in [-0.1, -0.05) is 33.8 Å². The second kappa shape index (κ2) is 7.41. The third-order valence-corrected chi connectivity index (χ3v) is 4.63. The number of rotatable bonds is 6. The number of hydrogen-bond acceptors (Lipinski definition) is 4. The van der Waals surface area contributed by atoms with Crippen LogP contribution in [0.4, 0.5) is 8.78 Å². The molecule has 0 spiro atoms. The smallest absolute Gasteiger partial charge is 0.292 e. The van der Waals surface area contributed by atoms with Crippen molar-refractivity contribution in [2.75, 3.05) is 6.61 Å². The lowest BCUT2D eigenvalue weighted by atomic mass is 10.1. The fourth-order valence-corrected chi connectivity index (χ4v) is 3.25. The van der Waals surface area contributed by atoms with Crippen molar-refractivity contribution in [3.8, 4) is 5.88 Å². The highest BCUT2D eigenvalue weighted by molar-refractivity contribution is 7.18. The minimum Gasteiger partial charge on any atom is -0.471 e. The van der Waals surface area contributed by atoms with E-state index in [0.717, 1.165) is 5.56 Å². The maximum absolute atomic E-state index is 12.8. The summed E-state index contributed by atoms with van der Waals surface area (Å²) in [5.74, 6) is -0.00636. The fourth-order valence-electron chi connectivity index (χ4n) is 2.95. The summed E-state index contributed by atoms with van der Waals surface area (Å²) < 4.78 is 30.6.